The van der Waals surface area contributed by atoms with Crippen LogP contribution in [0.5, 0.6) is 0 Å². The number of carbonyl (C=O) groups excluding carboxylic acids is 3. The summed E-state index contributed by atoms with van der Waals surface area (Å²) < 4.78 is -1.17. The summed E-state index contributed by atoms with van der Waals surface area (Å²) in [6, 6.07) is 7.13. The van der Waals surface area contributed by atoms with Gasteiger partial charge in [-0.2, -0.15) is 0 Å². The van der Waals surface area contributed by atoms with Crippen molar-refractivity contribution in [2.45, 2.75) is 49.1 Å². The van der Waals surface area contributed by atoms with Gasteiger partial charge in [-0.3, -0.25) is 14.4 Å². The molecule has 2 bridgehead atoms. The lowest BCUT2D eigenvalue weighted by Crippen LogP contribution is -2.55. The lowest BCUT2D eigenvalue weighted by Gasteiger charge is -2.37. The van der Waals surface area contributed by atoms with Crippen molar-refractivity contribution in [3.05, 3.63) is 49.6 Å². The topological polar surface area (TPSA) is 84.4 Å². The number of hydrogen-bond donors (Lipinski definition) is 1. The number of fused-ring (bicyclic) bond motifs is 1. The zero-order valence-corrected chi connectivity index (χ0v) is 24.5. The highest BCUT2D eigenvalue weighted by Crippen LogP contribution is 2.71. The maximum atomic E-state index is 14.5. The van der Waals surface area contributed by atoms with Gasteiger partial charge in [-0.05, 0) is 57.9 Å². The molecule has 3 aliphatic rings. The number of benzene rings is 1. The molecule has 0 aliphatic carbocycles. The number of aliphatic hydroxyl groups is 1. The average Bonchev–Trinajstić information content (AvgIpc) is 3.49. The molecule has 3 amide bonds. The van der Waals surface area contributed by atoms with Crippen LogP contribution in [0.3, 0.4) is 0 Å². The molecule has 9 heteroatoms. The Morgan fingerprint density at radius 2 is 1.69 bits per heavy atom. The van der Waals surface area contributed by atoms with Crippen LogP contribution in [0.4, 0.5) is 11.4 Å². The second kappa shape index (κ2) is 11.4. The van der Waals surface area contributed by atoms with Crippen molar-refractivity contribution < 1.29 is 19.5 Å². The Kier molecular flexibility index (Phi) is 8.52. The van der Waals surface area contributed by atoms with Gasteiger partial charge < -0.3 is 24.7 Å². The minimum atomic E-state index is -0.779. The molecule has 8 nitrogen and oxygen atoms in total. The van der Waals surface area contributed by atoms with Gasteiger partial charge in [-0.25, -0.2) is 0 Å². The molecule has 3 saturated heterocycles. The van der Waals surface area contributed by atoms with E-state index in [1.54, 1.807) is 45.7 Å². The number of thioether (sulfide) groups is 1. The molecule has 4 rings (SSSR count). The van der Waals surface area contributed by atoms with E-state index in [0.717, 1.165) is 30.9 Å². The number of anilines is 2. The van der Waals surface area contributed by atoms with Crippen molar-refractivity contribution in [1.29, 1.82) is 0 Å². The van der Waals surface area contributed by atoms with Crippen molar-refractivity contribution in [1.82, 2.24) is 9.80 Å². The molecule has 3 heterocycles. The van der Waals surface area contributed by atoms with Gasteiger partial charge in [0.25, 0.3) is 5.91 Å². The smallest absolute Gasteiger partial charge is 0.251 e. The van der Waals surface area contributed by atoms with Gasteiger partial charge in [0.2, 0.25) is 11.8 Å². The molecular weight excluding hydrogens is 512 g/mol. The summed E-state index contributed by atoms with van der Waals surface area (Å²) in [7, 11) is 1.73. The maximum Gasteiger partial charge on any atom is 0.251 e. The van der Waals surface area contributed by atoms with Crippen LogP contribution in [-0.2, 0) is 14.4 Å². The fourth-order valence-corrected chi connectivity index (χ4v) is 9.33. The minimum Gasteiger partial charge on any atom is -0.395 e. The monoisotopic (exact) mass is 554 g/mol. The molecule has 212 valence electrons. The number of aliphatic hydroxyl groups excluding tert-OH is 1. The summed E-state index contributed by atoms with van der Waals surface area (Å²) in [4.78, 5) is 49.3. The van der Waals surface area contributed by atoms with E-state index in [-0.39, 0.29) is 37.4 Å². The molecule has 3 fully saturated rings. The van der Waals surface area contributed by atoms with E-state index in [1.807, 2.05) is 24.3 Å². The molecule has 3 aliphatic heterocycles. The molecule has 2 unspecified atom stereocenters. The third-order valence-electron chi connectivity index (χ3n) is 8.76. The molecule has 0 aromatic heterocycles. The first-order valence-electron chi connectivity index (χ1n) is 13.9. The Balaban J connectivity index is 1.74. The normalized spacial score (nSPS) is 28.8. The van der Waals surface area contributed by atoms with Crippen LogP contribution in [0.1, 0.15) is 33.6 Å². The van der Waals surface area contributed by atoms with Crippen molar-refractivity contribution in [2.75, 3.05) is 56.2 Å². The molecule has 1 spiro atoms. The van der Waals surface area contributed by atoms with Crippen molar-refractivity contribution in [3.8, 4) is 0 Å². The lowest BCUT2D eigenvalue weighted by molar-refractivity contribution is -0.144. The number of hydrogen-bond acceptors (Lipinski definition) is 6. The Hall–Kier alpha value is -2.78. The van der Waals surface area contributed by atoms with Crippen LogP contribution in [-0.4, -0.2) is 94.5 Å². The summed E-state index contributed by atoms with van der Waals surface area (Å²) in [5.74, 6) is -1.64. The minimum absolute atomic E-state index is 0.0526. The van der Waals surface area contributed by atoms with Gasteiger partial charge in [0.05, 0.1) is 23.2 Å². The average molecular weight is 555 g/mol. The number of β-amino-alcohol motifs (C(OH)–C–C–N with tert-alkyl or cyclic N) is 1. The second-order valence-electron chi connectivity index (χ2n) is 10.9. The molecule has 5 atom stereocenters. The highest BCUT2D eigenvalue weighted by molar-refractivity contribution is 8.02. The fraction of sp³-hybridized carbons (Fsp3) is 0.567. The van der Waals surface area contributed by atoms with Crippen molar-refractivity contribution in [3.63, 3.8) is 0 Å². The first-order valence-corrected chi connectivity index (χ1v) is 14.7. The molecule has 39 heavy (non-hydrogen) atoms. The quantitative estimate of drug-likeness (QED) is 0.400. The van der Waals surface area contributed by atoms with Gasteiger partial charge >= 0.3 is 0 Å². The third kappa shape index (κ3) is 4.67. The lowest BCUT2D eigenvalue weighted by atomic mass is 9.66. The van der Waals surface area contributed by atoms with E-state index < -0.39 is 27.4 Å². The van der Waals surface area contributed by atoms with E-state index in [9.17, 15) is 19.5 Å². The van der Waals surface area contributed by atoms with Crippen molar-refractivity contribution in [2.24, 2.45) is 11.8 Å². The zero-order valence-electron chi connectivity index (χ0n) is 23.6. The van der Waals surface area contributed by atoms with Gasteiger partial charge in [0, 0.05) is 55.9 Å². The summed E-state index contributed by atoms with van der Waals surface area (Å²) in [6.45, 7) is 16.2. The van der Waals surface area contributed by atoms with Crippen LogP contribution < -0.4 is 9.80 Å². The van der Waals surface area contributed by atoms with Gasteiger partial charge in [0.15, 0.2) is 0 Å². The fourth-order valence-electron chi connectivity index (χ4n) is 6.98. The number of rotatable bonds is 12. The highest BCUT2D eigenvalue weighted by Gasteiger charge is 2.77. The molecule has 1 aromatic carbocycles. The van der Waals surface area contributed by atoms with E-state index in [4.69, 9.17) is 0 Å². The molecule has 1 N–H and O–H groups in total. The molecule has 0 saturated carbocycles. The predicted molar refractivity (Wildman–Crippen MR) is 158 cm³/mol. The standard InChI is InChI=1S/C30H42N4O4S/c1-7-17-31(6)26(36)23-24-27(37)34(19-20-35)25(30(24)16-15-29(23,5)39-30)28(38)33(18-8-2)22-13-11-21(12-14-22)32(9-3)10-4/h7-8,11-14,23-25,35H,1-2,9-10,15-20H2,3-6H3/t23-,24+,25?,29+,30?/m1/s1. The van der Waals surface area contributed by atoms with Crippen LogP contribution in [0, 0.1) is 11.8 Å². The summed E-state index contributed by atoms with van der Waals surface area (Å²) in [5, 5.41) is 9.91. The van der Waals surface area contributed by atoms with Crippen LogP contribution in [0.15, 0.2) is 49.6 Å². The number of carbonyl (C=O) groups is 3. The summed E-state index contributed by atoms with van der Waals surface area (Å²) in [5.41, 5.74) is 1.81. The molecular formula is C30H42N4O4S. The SMILES string of the molecule is C=CCN(C)C(=O)[C@H]1[C@H]2C(=O)N(CCO)C(C(=O)N(CC=C)c3ccc(N(CC)CC)cc3)C23CC[C@]1(C)S3. The summed E-state index contributed by atoms with van der Waals surface area (Å²) >= 11 is 1.64. The third-order valence-corrected chi connectivity index (χ3v) is 10.8. The van der Waals surface area contributed by atoms with Gasteiger partial charge in [-0.1, -0.05) is 12.2 Å². The summed E-state index contributed by atoms with van der Waals surface area (Å²) in [6.07, 6.45) is 4.78. The first kappa shape index (κ1) is 29.2. The predicted octanol–water partition coefficient (Wildman–Crippen LogP) is 3.17. The van der Waals surface area contributed by atoms with Gasteiger partial charge in [0.1, 0.15) is 6.04 Å². The van der Waals surface area contributed by atoms with Crippen molar-refractivity contribution >= 4 is 40.9 Å². The van der Waals surface area contributed by atoms with Crippen LogP contribution in [0.25, 0.3) is 0 Å². The van der Waals surface area contributed by atoms with E-state index in [2.05, 4.69) is 38.8 Å². The number of amides is 3. The highest BCUT2D eigenvalue weighted by atomic mass is 32.2. The number of nitrogens with zero attached hydrogens (tertiary/aromatic N) is 4. The molecule has 1 aromatic rings. The number of likely N-dealkylation sites (tertiary alicyclic amines) is 1. The Bertz CT molecular complexity index is 1120. The van der Waals surface area contributed by atoms with E-state index in [1.165, 1.54) is 0 Å². The largest absolute Gasteiger partial charge is 0.395 e. The maximum absolute atomic E-state index is 14.5. The zero-order chi connectivity index (χ0) is 28.5. The first-order chi connectivity index (χ1) is 18.6. The van der Waals surface area contributed by atoms with Gasteiger partial charge in [-0.15, -0.1) is 24.9 Å². The Morgan fingerprint density at radius 1 is 1.08 bits per heavy atom. The van der Waals surface area contributed by atoms with Crippen LogP contribution in [0.2, 0.25) is 0 Å². The van der Waals surface area contributed by atoms with E-state index in [0.29, 0.717) is 13.0 Å². The Morgan fingerprint density at radius 3 is 2.26 bits per heavy atom. The second-order valence-corrected chi connectivity index (χ2v) is 12.8. The number of likely N-dealkylation sites (N-methyl/N-ethyl adjacent to an activating group) is 1. The van der Waals surface area contributed by atoms with Crippen LogP contribution >= 0.6 is 11.8 Å². The Labute approximate surface area is 236 Å². The molecule has 0 radical (unpaired) electrons. The van der Waals surface area contributed by atoms with E-state index >= 15 is 0 Å².